The van der Waals surface area contributed by atoms with E-state index in [2.05, 4.69) is 4.72 Å². The Kier molecular flexibility index (Phi) is 3.74. The minimum absolute atomic E-state index is 0.349. The summed E-state index contributed by atoms with van der Waals surface area (Å²) in [7, 11) is -4.16. The molecule has 0 bridgehead atoms. The Balaban J connectivity index is 2.39. The number of nitrogens with one attached hydrogen (secondary N) is 1. The zero-order valence-corrected chi connectivity index (χ0v) is 11.9. The lowest BCUT2D eigenvalue weighted by Gasteiger charge is -2.28. The van der Waals surface area contributed by atoms with Crippen LogP contribution in [-0.2, 0) is 14.8 Å². The Morgan fingerprint density at radius 1 is 1.45 bits per heavy atom. The van der Waals surface area contributed by atoms with Gasteiger partial charge in [-0.2, -0.15) is 0 Å². The number of sulfonamides is 1. The molecule has 0 radical (unpaired) electrons. The Morgan fingerprint density at radius 3 is 2.65 bits per heavy atom. The zero-order chi connectivity index (χ0) is 15.1. The molecule has 5 nitrogen and oxygen atoms in total. The molecule has 1 saturated heterocycles. The summed E-state index contributed by atoms with van der Waals surface area (Å²) in [5.74, 6) is -2.28. The second-order valence-corrected chi connectivity index (χ2v) is 6.71. The summed E-state index contributed by atoms with van der Waals surface area (Å²) in [6.07, 6.45) is 0.115. The van der Waals surface area contributed by atoms with E-state index in [1.54, 1.807) is 13.8 Å². The van der Waals surface area contributed by atoms with E-state index in [1.807, 2.05) is 0 Å². The van der Waals surface area contributed by atoms with Crippen LogP contribution in [0.5, 0.6) is 0 Å². The Labute approximate surface area is 116 Å². The third-order valence-corrected chi connectivity index (χ3v) is 5.26. The van der Waals surface area contributed by atoms with Gasteiger partial charge < -0.3 is 10.5 Å². The minimum atomic E-state index is -4.16. The summed E-state index contributed by atoms with van der Waals surface area (Å²) in [6.45, 7) is 3.81. The molecular formula is C12H16F2N2O3S. The highest BCUT2D eigenvalue weighted by molar-refractivity contribution is 7.89. The molecule has 1 heterocycles. The molecule has 1 aromatic rings. The molecule has 112 valence electrons. The van der Waals surface area contributed by atoms with Gasteiger partial charge in [-0.25, -0.2) is 21.9 Å². The van der Waals surface area contributed by atoms with E-state index in [0.717, 1.165) is 12.1 Å². The number of nitrogens with two attached hydrogens (primary N) is 1. The van der Waals surface area contributed by atoms with E-state index in [-0.39, 0.29) is 6.10 Å². The molecule has 0 saturated carbocycles. The minimum Gasteiger partial charge on any atom is -0.394 e. The highest BCUT2D eigenvalue weighted by atomic mass is 32.2. The predicted molar refractivity (Wildman–Crippen MR) is 69.5 cm³/mol. The van der Waals surface area contributed by atoms with Crippen LogP contribution < -0.4 is 10.5 Å². The molecule has 2 unspecified atom stereocenters. The van der Waals surface area contributed by atoms with Crippen LogP contribution in [0.1, 0.15) is 20.3 Å². The second kappa shape index (κ2) is 4.94. The van der Waals surface area contributed by atoms with Gasteiger partial charge in [-0.3, -0.25) is 0 Å². The summed E-state index contributed by atoms with van der Waals surface area (Å²) in [4.78, 5) is -0.670. The normalized spacial score (nSPS) is 26.9. The molecule has 1 aliphatic heterocycles. The van der Waals surface area contributed by atoms with Crippen molar-refractivity contribution in [1.82, 2.24) is 4.72 Å². The Hall–Kier alpha value is -1.25. The van der Waals surface area contributed by atoms with Gasteiger partial charge in [0, 0.05) is 6.61 Å². The summed E-state index contributed by atoms with van der Waals surface area (Å²) < 4.78 is 59.1. The number of anilines is 1. The van der Waals surface area contributed by atoms with Crippen LogP contribution in [0.25, 0.3) is 0 Å². The van der Waals surface area contributed by atoms with E-state index in [0.29, 0.717) is 13.0 Å². The molecule has 1 fully saturated rings. The monoisotopic (exact) mass is 306 g/mol. The fraction of sp³-hybridized carbons (Fsp3) is 0.500. The number of benzene rings is 1. The van der Waals surface area contributed by atoms with Crippen molar-refractivity contribution >= 4 is 15.7 Å². The molecule has 0 aromatic heterocycles. The fourth-order valence-electron chi connectivity index (χ4n) is 2.09. The molecule has 1 aliphatic rings. The fourth-order valence-corrected chi connectivity index (χ4v) is 3.67. The summed E-state index contributed by atoms with van der Waals surface area (Å²) in [5, 5.41) is 0. The third-order valence-electron chi connectivity index (χ3n) is 3.63. The highest BCUT2D eigenvalue weighted by Gasteiger charge is 2.41. The second-order valence-electron chi connectivity index (χ2n) is 5.06. The number of nitrogen functional groups attached to an aromatic ring is 1. The van der Waals surface area contributed by atoms with Crippen LogP contribution in [0.4, 0.5) is 14.5 Å². The van der Waals surface area contributed by atoms with Crippen LogP contribution in [0, 0.1) is 11.6 Å². The average Bonchev–Trinajstić information content (AvgIpc) is 2.65. The number of halogens is 2. The molecule has 0 aliphatic carbocycles. The first-order chi connectivity index (χ1) is 9.17. The maximum Gasteiger partial charge on any atom is 0.244 e. The van der Waals surface area contributed by atoms with Gasteiger partial charge in [-0.1, -0.05) is 0 Å². The van der Waals surface area contributed by atoms with Gasteiger partial charge in [0.2, 0.25) is 10.0 Å². The van der Waals surface area contributed by atoms with Crippen LogP contribution in [0.15, 0.2) is 17.0 Å². The number of ether oxygens (including phenoxy) is 1. The van der Waals surface area contributed by atoms with Gasteiger partial charge in [0.05, 0.1) is 11.6 Å². The molecule has 8 heteroatoms. The Morgan fingerprint density at radius 2 is 2.10 bits per heavy atom. The lowest BCUT2D eigenvalue weighted by Crippen LogP contribution is -2.50. The summed E-state index contributed by atoms with van der Waals surface area (Å²) in [5.41, 5.74) is 3.53. The molecule has 2 rings (SSSR count). The number of hydrogen-bond acceptors (Lipinski definition) is 4. The lowest BCUT2D eigenvalue weighted by atomic mass is 9.97. The van der Waals surface area contributed by atoms with E-state index >= 15 is 0 Å². The third kappa shape index (κ3) is 2.50. The smallest absolute Gasteiger partial charge is 0.244 e. The summed E-state index contributed by atoms with van der Waals surface area (Å²) >= 11 is 0. The standard InChI is InChI=1S/C12H16F2N2O3S/c1-7-12(2,5-6-19-7)16-20(17,18)9-4-3-8(13)11(15)10(9)14/h3-4,7,16H,5-6,15H2,1-2H3. The molecule has 3 N–H and O–H groups in total. The van der Waals surface area contributed by atoms with Crippen molar-refractivity contribution in [2.45, 2.75) is 36.8 Å². The first-order valence-corrected chi connectivity index (χ1v) is 7.55. The molecule has 0 spiro atoms. The highest BCUT2D eigenvalue weighted by Crippen LogP contribution is 2.29. The van der Waals surface area contributed by atoms with Crippen molar-refractivity contribution in [2.24, 2.45) is 0 Å². The van der Waals surface area contributed by atoms with Crippen molar-refractivity contribution in [2.75, 3.05) is 12.3 Å². The average molecular weight is 306 g/mol. The summed E-state index contributed by atoms with van der Waals surface area (Å²) in [6, 6.07) is 1.68. The van der Waals surface area contributed by atoms with Crippen LogP contribution >= 0.6 is 0 Å². The van der Waals surface area contributed by atoms with Gasteiger partial charge in [0.1, 0.15) is 16.4 Å². The first-order valence-electron chi connectivity index (χ1n) is 6.06. The Bertz CT molecular complexity index is 636. The van der Waals surface area contributed by atoms with Crippen molar-refractivity contribution in [3.05, 3.63) is 23.8 Å². The SMILES string of the molecule is CC1OCCC1(C)NS(=O)(=O)c1ccc(F)c(N)c1F. The maximum absolute atomic E-state index is 13.8. The van der Waals surface area contributed by atoms with Crippen molar-refractivity contribution in [1.29, 1.82) is 0 Å². The van der Waals surface area contributed by atoms with E-state index in [1.165, 1.54) is 0 Å². The van der Waals surface area contributed by atoms with Crippen LogP contribution in [0.3, 0.4) is 0 Å². The van der Waals surface area contributed by atoms with Gasteiger partial charge >= 0.3 is 0 Å². The van der Waals surface area contributed by atoms with Crippen molar-refractivity contribution < 1.29 is 21.9 Å². The number of rotatable bonds is 3. The van der Waals surface area contributed by atoms with Gasteiger partial charge in [0.25, 0.3) is 0 Å². The van der Waals surface area contributed by atoms with Crippen LogP contribution in [-0.4, -0.2) is 26.7 Å². The molecular weight excluding hydrogens is 290 g/mol. The largest absolute Gasteiger partial charge is 0.394 e. The van der Waals surface area contributed by atoms with Gasteiger partial charge in [-0.15, -0.1) is 0 Å². The molecule has 1 aromatic carbocycles. The van der Waals surface area contributed by atoms with E-state index in [9.17, 15) is 17.2 Å². The predicted octanol–water partition coefficient (Wildman–Crippen LogP) is 1.39. The topological polar surface area (TPSA) is 81.4 Å². The van der Waals surface area contributed by atoms with E-state index < -0.39 is 37.8 Å². The quantitative estimate of drug-likeness (QED) is 0.827. The molecule has 20 heavy (non-hydrogen) atoms. The molecule has 0 amide bonds. The van der Waals surface area contributed by atoms with Crippen molar-refractivity contribution in [3.8, 4) is 0 Å². The number of hydrogen-bond donors (Lipinski definition) is 2. The van der Waals surface area contributed by atoms with E-state index in [4.69, 9.17) is 10.5 Å². The van der Waals surface area contributed by atoms with Crippen molar-refractivity contribution in [3.63, 3.8) is 0 Å². The molecule has 2 atom stereocenters. The zero-order valence-electron chi connectivity index (χ0n) is 11.1. The first kappa shape index (κ1) is 15.1. The lowest BCUT2D eigenvalue weighted by molar-refractivity contribution is 0.0957. The van der Waals surface area contributed by atoms with Gasteiger partial charge in [0.15, 0.2) is 5.82 Å². The van der Waals surface area contributed by atoms with Crippen LogP contribution in [0.2, 0.25) is 0 Å². The van der Waals surface area contributed by atoms with Gasteiger partial charge in [-0.05, 0) is 32.4 Å². The maximum atomic E-state index is 13.8.